The molecule has 0 aliphatic carbocycles. The first kappa shape index (κ1) is 22.6. The van der Waals surface area contributed by atoms with Gasteiger partial charge in [-0.25, -0.2) is 4.98 Å². The molecule has 0 bridgehead atoms. The van der Waals surface area contributed by atoms with Gasteiger partial charge in [0.25, 0.3) is 5.56 Å². The average molecular weight is 474 g/mol. The van der Waals surface area contributed by atoms with Crippen molar-refractivity contribution in [1.82, 2.24) is 19.3 Å². The maximum Gasteiger partial charge on any atom is 0.305 e. The maximum atomic E-state index is 12.1. The van der Waals surface area contributed by atoms with Gasteiger partial charge in [0.05, 0.1) is 30.8 Å². The van der Waals surface area contributed by atoms with Crippen LogP contribution in [0.3, 0.4) is 0 Å². The lowest BCUT2D eigenvalue weighted by Crippen LogP contribution is -2.21. The van der Waals surface area contributed by atoms with E-state index >= 15 is 0 Å². The highest BCUT2D eigenvalue weighted by Crippen LogP contribution is 2.28. The minimum Gasteiger partial charge on any atom is -0.493 e. The Morgan fingerprint density at radius 3 is 2.94 bits per heavy atom. The number of anilines is 1. The van der Waals surface area contributed by atoms with Crippen molar-refractivity contribution in [3.63, 3.8) is 0 Å². The number of hydrogen-bond donors (Lipinski definition) is 2. The van der Waals surface area contributed by atoms with E-state index in [4.69, 9.17) is 9.72 Å². The monoisotopic (exact) mass is 473 g/mol. The van der Waals surface area contributed by atoms with Crippen molar-refractivity contribution in [2.24, 2.45) is 7.05 Å². The van der Waals surface area contributed by atoms with Crippen molar-refractivity contribution in [1.29, 1.82) is 0 Å². The van der Waals surface area contributed by atoms with Gasteiger partial charge in [-0.2, -0.15) is 5.10 Å². The topological polar surface area (TPSA) is 111 Å². The van der Waals surface area contributed by atoms with Gasteiger partial charge in [0.1, 0.15) is 11.6 Å². The second-order valence-electron chi connectivity index (χ2n) is 8.77. The van der Waals surface area contributed by atoms with Gasteiger partial charge in [0.2, 0.25) is 0 Å². The lowest BCUT2D eigenvalue weighted by Gasteiger charge is -2.18. The molecule has 1 unspecified atom stereocenters. The van der Waals surface area contributed by atoms with E-state index in [-0.39, 0.29) is 12.0 Å². The normalized spacial score (nSPS) is 13.7. The van der Waals surface area contributed by atoms with Gasteiger partial charge in [-0.3, -0.25) is 14.3 Å². The first-order valence-electron chi connectivity index (χ1n) is 11.7. The third-order valence-corrected chi connectivity index (χ3v) is 6.32. The molecule has 0 amide bonds. The quantitative estimate of drug-likeness (QED) is 0.404. The van der Waals surface area contributed by atoms with E-state index in [1.54, 1.807) is 30.2 Å². The highest BCUT2D eigenvalue weighted by Gasteiger charge is 2.21. The molecular weight excluding hydrogens is 446 g/mol. The molecule has 2 N–H and O–H groups in total. The summed E-state index contributed by atoms with van der Waals surface area (Å²) in [5, 5.41) is 18.1. The summed E-state index contributed by atoms with van der Waals surface area (Å²) in [4.78, 5) is 28.4. The van der Waals surface area contributed by atoms with E-state index < -0.39 is 12.0 Å². The highest BCUT2D eigenvalue weighted by atomic mass is 16.5. The summed E-state index contributed by atoms with van der Waals surface area (Å²) in [6.45, 7) is 1.45. The van der Waals surface area contributed by atoms with Crippen LogP contribution in [0.4, 0.5) is 5.82 Å². The lowest BCUT2D eigenvalue weighted by atomic mass is 10.0. The number of rotatable bonds is 8. The number of carboxylic acids is 1. The molecule has 0 radical (unpaired) electrons. The molecule has 0 saturated carbocycles. The van der Waals surface area contributed by atoms with E-state index in [0.29, 0.717) is 24.3 Å². The average Bonchev–Trinajstić information content (AvgIpc) is 3.27. The van der Waals surface area contributed by atoms with Crippen molar-refractivity contribution in [3.8, 4) is 5.75 Å². The Bertz CT molecular complexity index is 1440. The summed E-state index contributed by atoms with van der Waals surface area (Å²) in [7, 11) is 1.65. The minimum absolute atomic E-state index is 0.190. The summed E-state index contributed by atoms with van der Waals surface area (Å²) in [6, 6.07) is 12.4. The number of carbonyl (C=O) groups is 1. The van der Waals surface area contributed by atoms with Gasteiger partial charge in [0, 0.05) is 43.4 Å². The first-order chi connectivity index (χ1) is 17.0. The SMILES string of the molecule is Cn1ccc(C(CC(=O)O)n2ncc3cc(OCCc4ccc5c(n4)NCCC5)ccc32)cc1=O. The summed E-state index contributed by atoms with van der Waals surface area (Å²) in [5.74, 6) is 0.719. The fraction of sp³-hybridized carbons (Fsp3) is 0.308. The molecule has 9 nitrogen and oxygen atoms in total. The number of benzene rings is 1. The predicted octanol–water partition coefficient (Wildman–Crippen LogP) is 3.17. The van der Waals surface area contributed by atoms with Crippen molar-refractivity contribution < 1.29 is 14.6 Å². The standard InChI is InChI=1S/C26H27N5O4/c1-30-11-8-18(14-24(30)32)23(15-25(33)34)31-22-7-6-21(13-19(22)16-28-31)35-12-9-20-5-4-17-3-2-10-27-26(17)29-20/h4-8,11,13-14,16,23H,2-3,9-10,12,15H2,1H3,(H,27,29)(H,33,34). The van der Waals surface area contributed by atoms with Gasteiger partial charge < -0.3 is 19.7 Å². The van der Waals surface area contributed by atoms with Crippen LogP contribution in [0.15, 0.2) is 59.7 Å². The zero-order chi connectivity index (χ0) is 24.4. The molecule has 9 heteroatoms. The number of aliphatic carboxylic acids is 1. The molecule has 0 spiro atoms. The molecular formula is C26H27N5O4. The molecule has 4 aromatic rings. The number of ether oxygens (including phenoxy) is 1. The zero-order valence-electron chi connectivity index (χ0n) is 19.5. The van der Waals surface area contributed by atoms with Crippen molar-refractivity contribution in [3.05, 3.63) is 82.0 Å². The molecule has 35 heavy (non-hydrogen) atoms. The summed E-state index contributed by atoms with van der Waals surface area (Å²) < 4.78 is 9.08. The third-order valence-electron chi connectivity index (χ3n) is 6.32. The van der Waals surface area contributed by atoms with Crippen LogP contribution in [0.2, 0.25) is 0 Å². The van der Waals surface area contributed by atoms with E-state index in [2.05, 4.69) is 22.5 Å². The number of nitrogens with zero attached hydrogens (tertiary/aromatic N) is 4. The number of aromatic nitrogens is 4. The summed E-state index contributed by atoms with van der Waals surface area (Å²) >= 11 is 0. The molecule has 1 aliphatic rings. The van der Waals surface area contributed by atoms with E-state index in [1.165, 1.54) is 16.2 Å². The molecule has 3 aromatic heterocycles. The lowest BCUT2D eigenvalue weighted by molar-refractivity contribution is -0.137. The van der Waals surface area contributed by atoms with Crippen LogP contribution in [0.5, 0.6) is 5.75 Å². The first-order valence-corrected chi connectivity index (χ1v) is 11.7. The van der Waals surface area contributed by atoms with Gasteiger partial charge >= 0.3 is 5.97 Å². The van der Waals surface area contributed by atoms with Crippen LogP contribution in [-0.2, 0) is 24.7 Å². The van der Waals surface area contributed by atoms with Crippen LogP contribution in [-0.4, -0.2) is 43.6 Å². The Labute approximate surface area is 202 Å². The van der Waals surface area contributed by atoms with Gasteiger partial charge in [-0.1, -0.05) is 6.07 Å². The Balaban J connectivity index is 1.32. The Morgan fingerprint density at radius 1 is 1.23 bits per heavy atom. The second kappa shape index (κ2) is 9.61. The zero-order valence-corrected chi connectivity index (χ0v) is 19.5. The number of pyridine rings is 2. The van der Waals surface area contributed by atoms with Crippen molar-refractivity contribution in [2.75, 3.05) is 18.5 Å². The van der Waals surface area contributed by atoms with Gasteiger partial charge in [0.15, 0.2) is 0 Å². The summed E-state index contributed by atoms with van der Waals surface area (Å²) in [6.07, 6.45) is 6.03. The number of aryl methyl sites for hydroxylation is 2. The van der Waals surface area contributed by atoms with E-state index in [0.717, 1.165) is 41.8 Å². The van der Waals surface area contributed by atoms with Crippen LogP contribution >= 0.6 is 0 Å². The maximum absolute atomic E-state index is 12.1. The van der Waals surface area contributed by atoms with E-state index in [9.17, 15) is 14.7 Å². The van der Waals surface area contributed by atoms with Crippen LogP contribution in [0.25, 0.3) is 10.9 Å². The smallest absolute Gasteiger partial charge is 0.305 e. The molecule has 0 fully saturated rings. The van der Waals surface area contributed by atoms with E-state index in [1.807, 2.05) is 18.2 Å². The highest BCUT2D eigenvalue weighted by molar-refractivity contribution is 5.81. The van der Waals surface area contributed by atoms with Crippen molar-refractivity contribution >= 4 is 22.7 Å². The Hall–Kier alpha value is -4.14. The molecule has 0 saturated heterocycles. The third kappa shape index (κ3) is 4.89. The number of nitrogens with one attached hydrogen (secondary N) is 1. The fourth-order valence-electron chi connectivity index (χ4n) is 4.43. The largest absolute Gasteiger partial charge is 0.493 e. The molecule has 4 heterocycles. The number of fused-ring (bicyclic) bond motifs is 2. The molecule has 1 aliphatic heterocycles. The van der Waals surface area contributed by atoms with Crippen molar-refractivity contribution in [2.45, 2.75) is 31.7 Å². The van der Waals surface area contributed by atoms with Crippen LogP contribution in [0.1, 0.15) is 35.7 Å². The van der Waals surface area contributed by atoms with Crippen LogP contribution in [0, 0.1) is 0 Å². The fourth-order valence-corrected chi connectivity index (χ4v) is 4.43. The predicted molar refractivity (Wildman–Crippen MR) is 132 cm³/mol. The Morgan fingerprint density at radius 2 is 2.11 bits per heavy atom. The Kier molecular flexibility index (Phi) is 6.22. The van der Waals surface area contributed by atoms with Gasteiger partial charge in [-0.15, -0.1) is 0 Å². The minimum atomic E-state index is -0.967. The molecule has 1 aromatic carbocycles. The molecule has 1 atom stereocenters. The second-order valence-corrected chi connectivity index (χ2v) is 8.77. The molecule has 5 rings (SSSR count). The summed E-state index contributed by atoms with van der Waals surface area (Å²) in [5.41, 5.74) is 3.42. The molecule has 180 valence electrons. The number of carboxylic acid groups (broad SMARTS) is 1. The van der Waals surface area contributed by atoms with Gasteiger partial charge in [-0.05, 0) is 54.3 Å². The van der Waals surface area contributed by atoms with Crippen LogP contribution < -0.4 is 15.6 Å². The number of hydrogen-bond acceptors (Lipinski definition) is 6.